The van der Waals surface area contributed by atoms with Crippen LogP contribution in [0.25, 0.3) is 22.1 Å². The first-order chi connectivity index (χ1) is 9.15. The summed E-state index contributed by atoms with van der Waals surface area (Å²) in [7, 11) is 0. The molecule has 3 aromatic rings. The van der Waals surface area contributed by atoms with Gasteiger partial charge in [-0.1, -0.05) is 30.3 Å². The van der Waals surface area contributed by atoms with Gasteiger partial charge < -0.3 is 9.52 Å². The van der Waals surface area contributed by atoms with E-state index >= 15 is 0 Å². The smallest absolute Gasteiger partial charge is 0.336 e. The number of hydrogen-bond acceptors (Lipinski definition) is 3. The second kappa shape index (κ2) is 4.28. The molecule has 0 aliphatic carbocycles. The van der Waals surface area contributed by atoms with Crippen LogP contribution in [0.15, 0.2) is 57.7 Å². The Hall–Kier alpha value is -2.55. The van der Waals surface area contributed by atoms with Gasteiger partial charge in [0.1, 0.15) is 11.3 Å². The summed E-state index contributed by atoms with van der Waals surface area (Å²) >= 11 is 0. The van der Waals surface area contributed by atoms with E-state index in [0.717, 1.165) is 11.1 Å². The number of aromatic hydroxyl groups is 1. The molecule has 1 N–H and O–H groups in total. The molecule has 19 heavy (non-hydrogen) atoms. The van der Waals surface area contributed by atoms with Crippen molar-refractivity contribution in [3.05, 3.63) is 64.5 Å². The van der Waals surface area contributed by atoms with Gasteiger partial charge in [0.15, 0.2) is 0 Å². The molecule has 0 unspecified atom stereocenters. The van der Waals surface area contributed by atoms with Crippen molar-refractivity contribution >= 4 is 11.0 Å². The molecule has 3 nitrogen and oxygen atoms in total. The van der Waals surface area contributed by atoms with Crippen molar-refractivity contribution in [2.24, 2.45) is 0 Å². The Morgan fingerprint density at radius 1 is 1.05 bits per heavy atom. The molecule has 2 aromatic carbocycles. The van der Waals surface area contributed by atoms with Gasteiger partial charge in [0.05, 0.1) is 5.39 Å². The quantitative estimate of drug-likeness (QED) is 0.674. The zero-order valence-electron chi connectivity index (χ0n) is 10.4. The second-order valence-corrected chi connectivity index (χ2v) is 4.50. The van der Waals surface area contributed by atoms with Gasteiger partial charge in [-0.3, -0.25) is 0 Å². The van der Waals surface area contributed by atoms with E-state index in [1.54, 1.807) is 12.1 Å². The van der Waals surface area contributed by atoms with Crippen LogP contribution >= 0.6 is 0 Å². The van der Waals surface area contributed by atoms with E-state index in [2.05, 4.69) is 0 Å². The average molecular weight is 252 g/mol. The summed E-state index contributed by atoms with van der Waals surface area (Å²) in [5.74, 6) is 0.123. The lowest BCUT2D eigenvalue weighted by molar-refractivity contribution is 0.478. The Morgan fingerprint density at radius 3 is 2.53 bits per heavy atom. The molecule has 0 saturated carbocycles. The third kappa shape index (κ3) is 1.99. The molecule has 0 radical (unpaired) electrons. The first kappa shape index (κ1) is 11.5. The first-order valence-electron chi connectivity index (χ1n) is 5.98. The highest BCUT2D eigenvalue weighted by Crippen LogP contribution is 2.34. The Labute approximate surface area is 109 Å². The van der Waals surface area contributed by atoms with Crippen LogP contribution in [0.2, 0.25) is 0 Å². The summed E-state index contributed by atoms with van der Waals surface area (Å²) in [6.07, 6.45) is 0. The minimum absolute atomic E-state index is 0.123. The minimum atomic E-state index is -0.420. The predicted octanol–water partition coefficient (Wildman–Crippen LogP) is 3.47. The van der Waals surface area contributed by atoms with Crippen LogP contribution in [0.4, 0.5) is 0 Å². The monoisotopic (exact) mass is 252 g/mol. The molecular weight excluding hydrogens is 240 g/mol. The summed E-state index contributed by atoms with van der Waals surface area (Å²) < 4.78 is 5.17. The van der Waals surface area contributed by atoms with Gasteiger partial charge in [-0.25, -0.2) is 4.79 Å². The van der Waals surface area contributed by atoms with Crippen molar-refractivity contribution in [2.75, 3.05) is 0 Å². The first-order valence-corrected chi connectivity index (χ1v) is 5.98. The summed E-state index contributed by atoms with van der Waals surface area (Å²) in [4.78, 5) is 11.7. The van der Waals surface area contributed by atoms with Crippen LogP contribution in [-0.2, 0) is 0 Å². The highest BCUT2D eigenvalue weighted by atomic mass is 16.4. The van der Waals surface area contributed by atoms with E-state index in [1.165, 1.54) is 6.07 Å². The SMILES string of the molecule is Cc1cc(O)c2c(-c3ccccc3)cc(=O)oc2c1. The number of aryl methyl sites for hydroxylation is 1. The van der Waals surface area contributed by atoms with Crippen molar-refractivity contribution in [3.63, 3.8) is 0 Å². The normalized spacial score (nSPS) is 10.8. The van der Waals surface area contributed by atoms with E-state index in [1.807, 2.05) is 37.3 Å². The molecule has 1 heterocycles. The third-order valence-corrected chi connectivity index (χ3v) is 3.05. The molecule has 0 aliphatic rings. The van der Waals surface area contributed by atoms with Gasteiger partial charge >= 0.3 is 5.63 Å². The Bertz CT molecular complexity index is 801. The molecule has 1 aromatic heterocycles. The molecular formula is C16H12O3. The Morgan fingerprint density at radius 2 is 1.79 bits per heavy atom. The summed E-state index contributed by atoms with van der Waals surface area (Å²) in [6.45, 7) is 1.84. The minimum Gasteiger partial charge on any atom is -0.507 e. The number of phenolic OH excluding ortho intramolecular Hbond substituents is 1. The third-order valence-electron chi connectivity index (χ3n) is 3.05. The maximum absolute atomic E-state index is 11.7. The van der Waals surface area contributed by atoms with Crippen LogP contribution in [0, 0.1) is 6.92 Å². The van der Waals surface area contributed by atoms with Crippen LogP contribution < -0.4 is 5.63 Å². The van der Waals surface area contributed by atoms with Gasteiger partial charge in [0.25, 0.3) is 0 Å². The van der Waals surface area contributed by atoms with Crippen LogP contribution in [0.3, 0.4) is 0 Å². The molecule has 94 valence electrons. The maximum atomic E-state index is 11.7. The lowest BCUT2D eigenvalue weighted by Gasteiger charge is -2.08. The van der Waals surface area contributed by atoms with Crippen LogP contribution in [-0.4, -0.2) is 5.11 Å². The van der Waals surface area contributed by atoms with Gasteiger partial charge in [-0.15, -0.1) is 0 Å². The Balaban J connectivity index is 2.45. The fourth-order valence-corrected chi connectivity index (χ4v) is 2.26. The summed E-state index contributed by atoms with van der Waals surface area (Å²) in [5.41, 5.74) is 2.39. The predicted molar refractivity (Wildman–Crippen MR) is 74.3 cm³/mol. The van der Waals surface area contributed by atoms with Crippen LogP contribution in [0.5, 0.6) is 5.75 Å². The number of hydrogen-bond donors (Lipinski definition) is 1. The lowest BCUT2D eigenvalue weighted by Crippen LogP contribution is -1.98. The maximum Gasteiger partial charge on any atom is 0.336 e. The molecule has 3 rings (SSSR count). The molecule has 0 aliphatic heterocycles. The molecule has 0 atom stereocenters. The fourth-order valence-electron chi connectivity index (χ4n) is 2.26. The lowest BCUT2D eigenvalue weighted by atomic mass is 10.0. The second-order valence-electron chi connectivity index (χ2n) is 4.50. The molecule has 0 fully saturated rings. The zero-order valence-corrected chi connectivity index (χ0v) is 10.4. The highest BCUT2D eigenvalue weighted by Gasteiger charge is 2.12. The van der Waals surface area contributed by atoms with Crippen molar-refractivity contribution in [3.8, 4) is 16.9 Å². The van der Waals surface area contributed by atoms with Crippen molar-refractivity contribution in [1.82, 2.24) is 0 Å². The van der Waals surface area contributed by atoms with E-state index in [-0.39, 0.29) is 5.75 Å². The van der Waals surface area contributed by atoms with Crippen molar-refractivity contribution in [1.29, 1.82) is 0 Å². The molecule has 0 saturated heterocycles. The molecule has 0 spiro atoms. The van der Waals surface area contributed by atoms with Gasteiger partial charge in [0, 0.05) is 11.6 Å². The van der Waals surface area contributed by atoms with E-state index < -0.39 is 5.63 Å². The van der Waals surface area contributed by atoms with Gasteiger partial charge in [0.2, 0.25) is 0 Å². The molecule has 0 amide bonds. The molecule has 0 bridgehead atoms. The van der Waals surface area contributed by atoms with E-state index in [9.17, 15) is 9.90 Å². The molecule has 3 heteroatoms. The van der Waals surface area contributed by atoms with E-state index in [4.69, 9.17) is 4.42 Å². The summed E-state index contributed by atoms with van der Waals surface area (Å²) in [5, 5.41) is 10.7. The largest absolute Gasteiger partial charge is 0.507 e. The zero-order chi connectivity index (χ0) is 13.4. The van der Waals surface area contributed by atoms with Gasteiger partial charge in [-0.2, -0.15) is 0 Å². The topological polar surface area (TPSA) is 50.4 Å². The fraction of sp³-hybridized carbons (Fsp3) is 0.0625. The van der Waals surface area contributed by atoms with Crippen molar-refractivity contribution in [2.45, 2.75) is 6.92 Å². The number of phenols is 1. The van der Waals surface area contributed by atoms with Gasteiger partial charge in [-0.05, 0) is 30.2 Å². The van der Waals surface area contributed by atoms with E-state index in [0.29, 0.717) is 16.5 Å². The average Bonchev–Trinajstić information content (AvgIpc) is 2.38. The highest BCUT2D eigenvalue weighted by molar-refractivity contribution is 5.97. The van der Waals surface area contributed by atoms with Crippen molar-refractivity contribution < 1.29 is 9.52 Å². The number of fused-ring (bicyclic) bond motifs is 1. The van der Waals surface area contributed by atoms with Crippen LogP contribution in [0.1, 0.15) is 5.56 Å². The standard InChI is InChI=1S/C16H12O3/c1-10-7-13(17)16-12(11-5-3-2-4-6-11)9-15(18)19-14(16)8-10/h2-9,17H,1H3. The summed E-state index contributed by atoms with van der Waals surface area (Å²) in [6, 6.07) is 14.3. The number of benzene rings is 2. The number of rotatable bonds is 1. The Kier molecular flexibility index (Phi) is 2.60.